The first-order chi connectivity index (χ1) is 7.85. The van der Waals surface area contributed by atoms with E-state index in [0.29, 0.717) is 0 Å². The molecule has 0 bridgehead atoms. The topological polar surface area (TPSA) is 30.5 Å². The summed E-state index contributed by atoms with van der Waals surface area (Å²) in [5.41, 5.74) is 0. The van der Waals surface area contributed by atoms with E-state index in [2.05, 4.69) is 24.4 Å². The Balaban J connectivity index is 2.17. The van der Waals surface area contributed by atoms with Crippen molar-refractivity contribution in [3.05, 3.63) is 28.2 Å². The summed E-state index contributed by atoms with van der Waals surface area (Å²) in [6.07, 6.45) is 3.18. The van der Waals surface area contributed by atoms with E-state index in [1.165, 1.54) is 4.88 Å². The van der Waals surface area contributed by atoms with Crippen LogP contribution in [0.15, 0.2) is 23.3 Å². The quantitative estimate of drug-likeness (QED) is 0.857. The van der Waals surface area contributed by atoms with Gasteiger partial charge in [-0.05, 0) is 18.7 Å². The van der Waals surface area contributed by atoms with Crippen LogP contribution in [0.25, 0.3) is 0 Å². The second kappa shape index (κ2) is 5.37. The van der Waals surface area contributed by atoms with E-state index in [1.807, 2.05) is 5.38 Å². The zero-order valence-electron chi connectivity index (χ0n) is 9.66. The van der Waals surface area contributed by atoms with Crippen molar-refractivity contribution < 1.29 is 9.47 Å². The molecule has 16 heavy (non-hydrogen) atoms. The van der Waals surface area contributed by atoms with E-state index in [-0.39, 0.29) is 6.04 Å². The predicted molar refractivity (Wildman–Crippen MR) is 65.9 cm³/mol. The van der Waals surface area contributed by atoms with Gasteiger partial charge in [-0.2, -0.15) is 0 Å². The van der Waals surface area contributed by atoms with Crippen molar-refractivity contribution in [1.29, 1.82) is 0 Å². The SMILES string of the molecule is CCNC(C1=CCCO1)c1cc(OC)cs1. The van der Waals surface area contributed by atoms with Crippen LogP contribution in [0, 0.1) is 0 Å². The summed E-state index contributed by atoms with van der Waals surface area (Å²) >= 11 is 1.70. The van der Waals surface area contributed by atoms with E-state index in [1.54, 1.807) is 18.4 Å². The Hall–Kier alpha value is -1.00. The molecule has 1 aromatic heterocycles. The highest BCUT2D eigenvalue weighted by Gasteiger charge is 2.21. The summed E-state index contributed by atoms with van der Waals surface area (Å²) < 4.78 is 10.8. The zero-order chi connectivity index (χ0) is 11.4. The number of rotatable bonds is 5. The van der Waals surface area contributed by atoms with E-state index >= 15 is 0 Å². The molecule has 0 fully saturated rings. The minimum atomic E-state index is 0.182. The van der Waals surface area contributed by atoms with Crippen LogP contribution in [0.3, 0.4) is 0 Å². The van der Waals surface area contributed by atoms with Crippen molar-refractivity contribution >= 4 is 11.3 Å². The molecule has 88 valence electrons. The highest BCUT2D eigenvalue weighted by molar-refractivity contribution is 7.10. The zero-order valence-corrected chi connectivity index (χ0v) is 10.5. The summed E-state index contributed by atoms with van der Waals surface area (Å²) in [6, 6.07) is 2.25. The maximum absolute atomic E-state index is 5.63. The molecule has 1 N–H and O–H groups in total. The molecule has 0 saturated heterocycles. The molecule has 0 radical (unpaired) electrons. The van der Waals surface area contributed by atoms with Gasteiger partial charge in [-0.3, -0.25) is 0 Å². The second-order valence-electron chi connectivity index (χ2n) is 3.62. The van der Waals surface area contributed by atoms with Crippen LogP contribution < -0.4 is 10.1 Å². The van der Waals surface area contributed by atoms with Gasteiger partial charge in [0.15, 0.2) is 0 Å². The lowest BCUT2D eigenvalue weighted by molar-refractivity contribution is 0.217. The molecule has 1 aromatic rings. The molecule has 0 aliphatic carbocycles. The third-order valence-electron chi connectivity index (χ3n) is 2.54. The third-order valence-corrected chi connectivity index (χ3v) is 3.52. The van der Waals surface area contributed by atoms with Crippen molar-refractivity contribution in [1.82, 2.24) is 5.32 Å². The number of methoxy groups -OCH3 is 1. The fraction of sp³-hybridized carbons (Fsp3) is 0.500. The number of ether oxygens (including phenoxy) is 2. The Kier molecular flexibility index (Phi) is 3.85. The van der Waals surface area contributed by atoms with Crippen LogP contribution in [-0.4, -0.2) is 20.3 Å². The molecule has 1 atom stereocenters. The monoisotopic (exact) mass is 239 g/mol. The largest absolute Gasteiger partial charge is 0.496 e. The van der Waals surface area contributed by atoms with Gasteiger partial charge in [0.1, 0.15) is 11.5 Å². The lowest BCUT2D eigenvalue weighted by Crippen LogP contribution is -2.22. The number of likely N-dealkylation sites (N-methyl/N-ethyl adjacent to an activating group) is 1. The Morgan fingerprint density at radius 3 is 3.06 bits per heavy atom. The smallest absolute Gasteiger partial charge is 0.129 e. The van der Waals surface area contributed by atoms with Crippen molar-refractivity contribution in [3.8, 4) is 5.75 Å². The minimum Gasteiger partial charge on any atom is -0.496 e. The van der Waals surface area contributed by atoms with Crippen molar-refractivity contribution in [2.24, 2.45) is 0 Å². The van der Waals surface area contributed by atoms with Crippen LogP contribution in [0.2, 0.25) is 0 Å². The van der Waals surface area contributed by atoms with Crippen LogP contribution in [-0.2, 0) is 4.74 Å². The van der Waals surface area contributed by atoms with Crippen LogP contribution in [0.4, 0.5) is 0 Å². The highest BCUT2D eigenvalue weighted by Crippen LogP contribution is 2.33. The van der Waals surface area contributed by atoms with Gasteiger partial charge in [0.05, 0.1) is 19.8 Å². The molecule has 2 rings (SSSR count). The lowest BCUT2D eigenvalue weighted by atomic mass is 10.2. The molecule has 1 unspecified atom stereocenters. The van der Waals surface area contributed by atoms with Gasteiger partial charge in [-0.15, -0.1) is 11.3 Å². The second-order valence-corrected chi connectivity index (χ2v) is 4.57. The minimum absolute atomic E-state index is 0.182. The first kappa shape index (κ1) is 11.5. The molecule has 0 amide bonds. The molecular weight excluding hydrogens is 222 g/mol. The van der Waals surface area contributed by atoms with Gasteiger partial charge in [-0.25, -0.2) is 0 Å². The molecule has 2 heterocycles. The van der Waals surface area contributed by atoms with Crippen molar-refractivity contribution in [2.45, 2.75) is 19.4 Å². The van der Waals surface area contributed by atoms with E-state index in [9.17, 15) is 0 Å². The fourth-order valence-electron chi connectivity index (χ4n) is 1.78. The molecular formula is C12H17NO2S. The summed E-state index contributed by atoms with van der Waals surface area (Å²) in [6.45, 7) is 3.83. The van der Waals surface area contributed by atoms with Crippen LogP contribution >= 0.6 is 11.3 Å². The summed E-state index contributed by atoms with van der Waals surface area (Å²) in [5, 5.41) is 5.46. The number of hydrogen-bond donors (Lipinski definition) is 1. The molecule has 1 aliphatic rings. The Morgan fingerprint density at radius 2 is 2.50 bits per heavy atom. The Morgan fingerprint density at radius 1 is 1.62 bits per heavy atom. The molecule has 4 heteroatoms. The van der Waals surface area contributed by atoms with E-state index in [4.69, 9.17) is 9.47 Å². The van der Waals surface area contributed by atoms with E-state index < -0.39 is 0 Å². The predicted octanol–water partition coefficient (Wildman–Crippen LogP) is 2.71. The third kappa shape index (κ3) is 2.39. The maximum atomic E-state index is 5.63. The average molecular weight is 239 g/mol. The van der Waals surface area contributed by atoms with Crippen LogP contribution in [0.5, 0.6) is 5.75 Å². The molecule has 1 aliphatic heterocycles. The van der Waals surface area contributed by atoms with Crippen molar-refractivity contribution in [2.75, 3.05) is 20.3 Å². The standard InChI is InChI=1S/C12H17NO2S/c1-3-13-12(10-5-4-6-15-10)11-7-9(14-2)8-16-11/h5,7-8,12-13H,3-4,6H2,1-2H3. The van der Waals surface area contributed by atoms with Crippen LogP contribution in [0.1, 0.15) is 24.3 Å². The molecule has 0 spiro atoms. The Labute approximate surface area is 100 Å². The summed E-state index contributed by atoms with van der Waals surface area (Å²) in [5.74, 6) is 1.97. The number of thiophene rings is 1. The van der Waals surface area contributed by atoms with Gasteiger partial charge in [0, 0.05) is 16.7 Å². The number of hydrogen-bond acceptors (Lipinski definition) is 4. The normalized spacial score (nSPS) is 16.8. The lowest BCUT2D eigenvalue weighted by Gasteiger charge is -2.17. The molecule has 0 aromatic carbocycles. The molecule has 3 nitrogen and oxygen atoms in total. The summed E-state index contributed by atoms with van der Waals surface area (Å²) in [4.78, 5) is 1.24. The molecule has 0 saturated carbocycles. The first-order valence-corrected chi connectivity index (χ1v) is 6.41. The average Bonchev–Trinajstić information content (AvgIpc) is 2.97. The van der Waals surface area contributed by atoms with Gasteiger partial charge in [-0.1, -0.05) is 6.92 Å². The van der Waals surface area contributed by atoms with Gasteiger partial charge in [0.2, 0.25) is 0 Å². The highest BCUT2D eigenvalue weighted by atomic mass is 32.1. The number of nitrogens with one attached hydrogen (secondary N) is 1. The van der Waals surface area contributed by atoms with E-state index in [0.717, 1.165) is 31.1 Å². The maximum Gasteiger partial charge on any atom is 0.129 e. The fourth-order valence-corrected chi connectivity index (χ4v) is 2.71. The van der Waals surface area contributed by atoms with Crippen molar-refractivity contribution in [3.63, 3.8) is 0 Å². The summed E-state index contributed by atoms with van der Waals surface area (Å²) in [7, 11) is 1.69. The Bertz CT molecular complexity index is 373. The van der Waals surface area contributed by atoms with Gasteiger partial charge >= 0.3 is 0 Å². The first-order valence-electron chi connectivity index (χ1n) is 5.53. The van der Waals surface area contributed by atoms with Gasteiger partial charge < -0.3 is 14.8 Å². The van der Waals surface area contributed by atoms with Gasteiger partial charge in [0.25, 0.3) is 0 Å².